The molecule has 7 heteroatoms. The van der Waals surface area contributed by atoms with E-state index >= 15 is 0 Å². The summed E-state index contributed by atoms with van der Waals surface area (Å²) < 4.78 is 24.2. The van der Waals surface area contributed by atoms with E-state index in [4.69, 9.17) is 0 Å². The van der Waals surface area contributed by atoms with Crippen molar-refractivity contribution >= 4 is 10.0 Å². The monoisotopic (exact) mass is 280 g/mol. The lowest BCUT2D eigenvalue weighted by atomic mass is 9.92. The maximum atomic E-state index is 11.3. The molecule has 1 saturated heterocycles. The van der Waals surface area contributed by atoms with Crippen LogP contribution in [0.4, 0.5) is 0 Å². The normalized spacial score (nSPS) is 20.2. The van der Waals surface area contributed by atoms with Gasteiger partial charge in [-0.2, -0.15) is 0 Å². The Kier molecular flexibility index (Phi) is 5.54. The van der Waals surface area contributed by atoms with E-state index in [-0.39, 0.29) is 19.3 Å². The zero-order valence-corrected chi connectivity index (χ0v) is 11.9. The van der Waals surface area contributed by atoms with Gasteiger partial charge < -0.3 is 15.5 Å². The topological polar surface area (TPSA) is 89.9 Å². The number of hydrogen-bond acceptors (Lipinski definition) is 5. The van der Waals surface area contributed by atoms with Crippen LogP contribution < -0.4 is 5.32 Å². The molecule has 0 atom stereocenters. The molecular weight excluding hydrogens is 256 g/mol. The lowest BCUT2D eigenvalue weighted by Gasteiger charge is -2.33. The number of aliphatic hydroxyl groups excluding tert-OH is 2. The van der Waals surface area contributed by atoms with Crippen molar-refractivity contribution in [3.05, 3.63) is 0 Å². The quantitative estimate of drug-likeness (QED) is 0.580. The highest BCUT2D eigenvalue weighted by Crippen LogP contribution is 2.16. The zero-order valence-electron chi connectivity index (χ0n) is 11.1. The molecule has 0 spiro atoms. The maximum Gasteiger partial charge on any atom is 0.211 e. The number of piperidine rings is 1. The molecule has 0 bridgehead atoms. The lowest BCUT2D eigenvalue weighted by Crippen LogP contribution is -2.48. The molecule has 1 aliphatic heterocycles. The SMILES string of the molecule is CC(CO)(CO)CNC1CCN(S(C)(=O)=O)CC1. The Labute approximate surface area is 109 Å². The number of nitrogens with one attached hydrogen (secondary N) is 1. The first kappa shape index (κ1) is 15.8. The smallest absolute Gasteiger partial charge is 0.211 e. The minimum atomic E-state index is -3.08. The fraction of sp³-hybridized carbons (Fsp3) is 1.00. The van der Waals surface area contributed by atoms with Gasteiger partial charge in [-0.1, -0.05) is 6.92 Å². The van der Waals surface area contributed by atoms with Gasteiger partial charge >= 0.3 is 0 Å². The van der Waals surface area contributed by atoms with Gasteiger partial charge in [-0.3, -0.25) is 0 Å². The summed E-state index contributed by atoms with van der Waals surface area (Å²) >= 11 is 0. The third-order valence-electron chi connectivity index (χ3n) is 3.50. The van der Waals surface area contributed by atoms with Gasteiger partial charge in [-0.15, -0.1) is 0 Å². The van der Waals surface area contributed by atoms with Crippen molar-refractivity contribution < 1.29 is 18.6 Å². The molecule has 0 aromatic heterocycles. The van der Waals surface area contributed by atoms with Gasteiger partial charge in [0.15, 0.2) is 0 Å². The van der Waals surface area contributed by atoms with Crippen LogP contribution in [0.3, 0.4) is 0 Å². The molecule has 0 unspecified atom stereocenters. The first-order chi connectivity index (χ1) is 8.30. The van der Waals surface area contributed by atoms with Crippen LogP contribution in [0.15, 0.2) is 0 Å². The molecule has 0 radical (unpaired) electrons. The molecule has 0 saturated carbocycles. The second-order valence-corrected chi connectivity index (χ2v) is 7.43. The van der Waals surface area contributed by atoms with Crippen molar-refractivity contribution in [2.24, 2.45) is 5.41 Å². The van der Waals surface area contributed by atoms with Crippen LogP contribution in [0.1, 0.15) is 19.8 Å². The molecule has 0 aromatic carbocycles. The van der Waals surface area contributed by atoms with Crippen molar-refractivity contribution in [3.63, 3.8) is 0 Å². The van der Waals surface area contributed by atoms with Gasteiger partial charge in [0.2, 0.25) is 10.0 Å². The minimum absolute atomic E-state index is 0.0707. The number of aliphatic hydroxyl groups is 2. The van der Waals surface area contributed by atoms with Gasteiger partial charge in [0.1, 0.15) is 0 Å². The van der Waals surface area contributed by atoms with E-state index in [0.29, 0.717) is 19.6 Å². The van der Waals surface area contributed by atoms with E-state index in [9.17, 15) is 18.6 Å². The summed E-state index contributed by atoms with van der Waals surface area (Å²) in [6.07, 6.45) is 2.76. The summed E-state index contributed by atoms with van der Waals surface area (Å²) in [5, 5.41) is 21.6. The van der Waals surface area contributed by atoms with Gasteiger partial charge in [0.05, 0.1) is 19.5 Å². The van der Waals surface area contributed by atoms with Gasteiger partial charge in [0, 0.05) is 31.1 Å². The van der Waals surface area contributed by atoms with Crippen LogP contribution in [0.2, 0.25) is 0 Å². The molecule has 0 aliphatic carbocycles. The van der Waals surface area contributed by atoms with Crippen molar-refractivity contribution in [3.8, 4) is 0 Å². The highest BCUT2D eigenvalue weighted by atomic mass is 32.2. The van der Waals surface area contributed by atoms with Crippen LogP contribution in [-0.2, 0) is 10.0 Å². The van der Waals surface area contributed by atoms with Crippen LogP contribution in [0, 0.1) is 5.41 Å². The number of rotatable bonds is 6. The third kappa shape index (κ3) is 4.47. The van der Waals surface area contributed by atoms with Crippen molar-refractivity contribution in [2.75, 3.05) is 39.1 Å². The summed E-state index contributed by atoms with van der Waals surface area (Å²) in [6.45, 7) is 3.27. The average molecular weight is 280 g/mol. The molecule has 1 rings (SSSR count). The maximum absolute atomic E-state index is 11.3. The molecule has 0 aromatic rings. The molecule has 18 heavy (non-hydrogen) atoms. The third-order valence-corrected chi connectivity index (χ3v) is 4.81. The molecule has 1 aliphatic rings. The van der Waals surface area contributed by atoms with E-state index in [2.05, 4.69) is 5.32 Å². The Morgan fingerprint density at radius 1 is 1.28 bits per heavy atom. The van der Waals surface area contributed by atoms with Crippen molar-refractivity contribution in [1.29, 1.82) is 0 Å². The Morgan fingerprint density at radius 3 is 2.17 bits per heavy atom. The summed E-state index contributed by atoms with van der Waals surface area (Å²) in [5.41, 5.74) is -0.520. The van der Waals surface area contributed by atoms with E-state index in [1.165, 1.54) is 10.6 Å². The Morgan fingerprint density at radius 2 is 1.78 bits per heavy atom. The van der Waals surface area contributed by atoms with Crippen LogP contribution in [-0.4, -0.2) is 68.1 Å². The van der Waals surface area contributed by atoms with Gasteiger partial charge in [0.25, 0.3) is 0 Å². The minimum Gasteiger partial charge on any atom is -0.396 e. The first-order valence-corrected chi connectivity index (χ1v) is 8.06. The molecule has 108 valence electrons. The predicted octanol–water partition coefficient (Wildman–Crippen LogP) is -1.01. The molecule has 0 amide bonds. The van der Waals surface area contributed by atoms with Gasteiger partial charge in [-0.25, -0.2) is 12.7 Å². The highest BCUT2D eigenvalue weighted by Gasteiger charge is 2.27. The summed E-state index contributed by atoms with van der Waals surface area (Å²) in [5.74, 6) is 0. The van der Waals surface area contributed by atoms with Crippen LogP contribution in [0.5, 0.6) is 0 Å². The van der Waals surface area contributed by atoms with E-state index in [1.807, 2.05) is 6.92 Å². The number of nitrogens with zero attached hydrogens (tertiary/aromatic N) is 1. The van der Waals surface area contributed by atoms with E-state index < -0.39 is 15.4 Å². The fourth-order valence-corrected chi connectivity index (χ4v) is 2.82. The van der Waals surface area contributed by atoms with Crippen LogP contribution >= 0.6 is 0 Å². The second kappa shape index (κ2) is 6.29. The molecular formula is C11H24N2O4S. The number of hydrogen-bond donors (Lipinski definition) is 3. The molecule has 1 fully saturated rings. The second-order valence-electron chi connectivity index (χ2n) is 5.44. The van der Waals surface area contributed by atoms with Crippen LogP contribution in [0.25, 0.3) is 0 Å². The van der Waals surface area contributed by atoms with E-state index in [1.54, 1.807) is 0 Å². The molecule has 6 nitrogen and oxygen atoms in total. The van der Waals surface area contributed by atoms with Gasteiger partial charge in [-0.05, 0) is 12.8 Å². The largest absolute Gasteiger partial charge is 0.396 e. The Hall–Kier alpha value is -0.210. The van der Waals surface area contributed by atoms with Crippen molar-refractivity contribution in [1.82, 2.24) is 9.62 Å². The standard InChI is InChI=1S/C11H24N2O4S/c1-11(8-14,9-15)7-12-10-3-5-13(6-4-10)18(2,16)17/h10,12,14-15H,3-9H2,1-2H3. The zero-order chi connectivity index (χ0) is 13.8. The number of sulfonamides is 1. The first-order valence-electron chi connectivity index (χ1n) is 6.21. The van der Waals surface area contributed by atoms with E-state index in [0.717, 1.165) is 12.8 Å². The van der Waals surface area contributed by atoms with Crippen molar-refractivity contribution in [2.45, 2.75) is 25.8 Å². The summed E-state index contributed by atoms with van der Waals surface area (Å²) in [6, 6.07) is 0.250. The summed E-state index contributed by atoms with van der Waals surface area (Å²) in [4.78, 5) is 0. The average Bonchev–Trinajstić information content (AvgIpc) is 2.35. The molecule has 3 N–H and O–H groups in total. The highest BCUT2D eigenvalue weighted by molar-refractivity contribution is 7.88. The molecule has 1 heterocycles. The summed E-state index contributed by atoms with van der Waals surface area (Å²) in [7, 11) is -3.08. The fourth-order valence-electron chi connectivity index (χ4n) is 1.94. The predicted molar refractivity (Wildman–Crippen MR) is 69.7 cm³/mol. The Balaban J connectivity index is 2.36. The Bertz CT molecular complexity index is 346. The lowest BCUT2D eigenvalue weighted by molar-refractivity contribution is 0.0654.